The number of aryl methyl sites for hydroxylation is 1. The Balaban J connectivity index is 2.28. The number of rotatable bonds is 9. The van der Waals surface area contributed by atoms with Gasteiger partial charge in [-0.25, -0.2) is 0 Å². The summed E-state index contributed by atoms with van der Waals surface area (Å²) in [6, 6.07) is 0. The van der Waals surface area contributed by atoms with Gasteiger partial charge in [0.25, 0.3) is 0 Å². The zero-order valence-electron chi connectivity index (χ0n) is 11.5. The quantitative estimate of drug-likeness (QED) is 0.675. The van der Waals surface area contributed by atoms with Crippen LogP contribution in [0.2, 0.25) is 0 Å². The fraction of sp³-hybridized carbons (Fsp3) is 0.833. The predicted octanol–water partition coefficient (Wildman–Crippen LogP) is 0.565. The fourth-order valence-electron chi connectivity index (χ4n) is 1.69. The lowest BCUT2D eigenvalue weighted by molar-refractivity contribution is -0.00902. The second-order valence-corrected chi connectivity index (χ2v) is 4.85. The Kier molecular flexibility index (Phi) is 6.24. The summed E-state index contributed by atoms with van der Waals surface area (Å²) in [6.07, 6.45) is 2.60. The van der Waals surface area contributed by atoms with Gasteiger partial charge >= 0.3 is 0 Å². The van der Waals surface area contributed by atoms with Gasteiger partial charge in [-0.2, -0.15) is 0 Å². The molecule has 0 fully saturated rings. The first-order valence-electron chi connectivity index (χ1n) is 6.42. The minimum absolute atomic E-state index is 0.165. The molecule has 0 unspecified atom stereocenters. The van der Waals surface area contributed by atoms with E-state index in [4.69, 9.17) is 9.84 Å². The number of aliphatic hydroxyl groups excluding tert-OH is 1. The van der Waals surface area contributed by atoms with E-state index in [-0.39, 0.29) is 12.2 Å². The Bertz CT molecular complexity index is 339. The van der Waals surface area contributed by atoms with Crippen LogP contribution in [0, 0.1) is 0 Å². The van der Waals surface area contributed by atoms with Crippen LogP contribution in [-0.2, 0) is 17.8 Å². The summed E-state index contributed by atoms with van der Waals surface area (Å²) in [4.78, 5) is 0. The molecule has 0 spiro atoms. The van der Waals surface area contributed by atoms with Crippen molar-refractivity contribution >= 4 is 0 Å². The summed E-state index contributed by atoms with van der Waals surface area (Å²) in [5, 5.41) is 20.1. The average Bonchev–Trinajstić information content (AvgIpc) is 2.74. The van der Waals surface area contributed by atoms with Crippen molar-refractivity contribution in [1.82, 2.24) is 20.3 Å². The van der Waals surface area contributed by atoms with Crippen LogP contribution >= 0.6 is 0 Å². The largest absolute Gasteiger partial charge is 0.396 e. The molecule has 18 heavy (non-hydrogen) atoms. The molecule has 0 atom stereocenters. The van der Waals surface area contributed by atoms with Crippen LogP contribution < -0.4 is 5.32 Å². The van der Waals surface area contributed by atoms with Gasteiger partial charge in [0.15, 0.2) is 0 Å². The lowest BCUT2D eigenvalue weighted by Gasteiger charge is -2.24. The number of nitrogens with zero attached hydrogens (tertiary/aromatic N) is 3. The maximum atomic E-state index is 8.73. The minimum Gasteiger partial charge on any atom is -0.396 e. The molecule has 0 aliphatic rings. The lowest BCUT2D eigenvalue weighted by atomic mass is 10.1. The van der Waals surface area contributed by atoms with E-state index in [0.717, 1.165) is 12.2 Å². The van der Waals surface area contributed by atoms with Gasteiger partial charge in [-0.1, -0.05) is 5.21 Å². The highest BCUT2D eigenvalue weighted by molar-refractivity contribution is 4.92. The molecule has 2 N–H and O–H groups in total. The normalized spacial score (nSPS) is 12.0. The molecule has 0 aromatic carbocycles. The zero-order chi connectivity index (χ0) is 13.4. The molecule has 0 aliphatic heterocycles. The molecule has 0 aliphatic carbocycles. The first kappa shape index (κ1) is 15.1. The van der Waals surface area contributed by atoms with E-state index in [2.05, 4.69) is 29.5 Å². The van der Waals surface area contributed by atoms with Gasteiger partial charge in [0.1, 0.15) is 0 Å². The van der Waals surface area contributed by atoms with Crippen LogP contribution in [0.25, 0.3) is 0 Å². The molecule has 0 saturated heterocycles. The van der Waals surface area contributed by atoms with Gasteiger partial charge in [0.05, 0.1) is 11.3 Å². The second kappa shape index (κ2) is 7.45. The Morgan fingerprint density at radius 2 is 2.28 bits per heavy atom. The number of ether oxygens (including phenoxy) is 1. The van der Waals surface area contributed by atoms with E-state index >= 15 is 0 Å². The molecular weight excluding hydrogens is 232 g/mol. The van der Waals surface area contributed by atoms with Crippen LogP contribution in [0.15, 0.2) is 6.20 Å². The van der Waals surface area contributed by atoms with E-state index < -0.39 is 0 Å². The number of hydrogen-bond acceptors (Lipinski definition) is 5. The van der Waals surface area contributed by atoms with Crippen molar-refractivity contribution in [3.8, 4) is 0 Å². The number of nitrogens with one attached hydrogen (secondary N) is 1. The lowest BCUT2D eigenvalue weighted by Crippen LogP contribution is -2.37. The molecule has 0 amide bonds. The maximum Gasteiger partial charge on any atom is 0.0964 e. The van der Waals surface area contributed by atoms with Crippen molar-refractivity contribution in [3.63, 3.8) is 0 Å². The third-order valence-electron chi connectivity index (χ3n) is 2.52. The highest BCUT2D eigenvalue weighted by Crippen LogP contribution is 2.07. The van der Waals surface area contributed by atoms with E-state index in [1.807, 2.05) is 13.1 Å². The van der Waals surface area contributed by atoms with Crippen molar-refractivity contribution in [2.24, 2.45) is 0 Å². The molecule has 1 heterocycles. The van der Waals surface area contributed by atoms with Crippen LogP contribution in [0.5, 0.6) is 0 Å². The van der Waals surface area contributed by atoms with Gasteiger partial charge in [-0.15, -0.1) is 5.10 Å². The van der Waals surface area contributed by atoms with Gasteiger partial charge < -0.3 is 15.2 Å². The van der Waals surface area contributed by atoms with E-state index in [0.29, 0.717) is 26.1 Å². The Hall–Kier alpha value is -0.980. The molecule has 0 radical (unpaired) electrons. The Labute approximate surface area is 108 Å². The molecule has 6 nitrogen and oxygen atoms in total. The average molecular weight is 256 g/mol. The molecule has 6 heteroatoms. The fourth-order valence-corrected chi connectivity index (χ4v) is 1.69. The number of aliphatic hydroxyl groups is 1. The van der Waals surface area contributed by atoms with Crippen molar-refractivity contribution in [1.29, 1.82) is 0 Å². The summed E-state index contributed by atoms with van der Waals surface area (Å²) in [5.41, 5.74) is 0.738. The monoisotopic (exact) mass is 256 g/mol. The first-order valence-corrected chi connectivity index (χ1v) is 6.42. The van der Waals surface area contributed by atoms with Gasteiger partial charge in [-0.3, -0.25) is 4.68 Å². The van der Waals surface area contributed by atoms with Gasteiger partial charge in [0, 0.05) is 39.0 Å². The molecule has 104 valence electrons. The van der Waals surface area contributed by atoms with Crippen molar-refractivity contribution in [2.75, 3.05) is 19.8 Å². The highest BCUT2D eigenvalue weighted by atomic mass is 16.5. The van der Waals surface area contributed by atoms with Crippen molar-refractivity contribution in [2.45, 2.75) is 45.9 Å². The van der Waals surface area contributed by atoms with E-state index in [9.17, 15) is 0 Å². The molecule has 0 saturated carbocycles. The minimum atomic E-state index is -0.165. The Morgan fingerprint density at radius 1 is 1.50 bits per heavy atom. The zero-order valence-corrected chi connectivity index (χ0v) is 11.5. The predicted molar refractivity (Wildman–Crippen MR) is 69.1 cm³/mol. The molecule has 1 aromatic heterocycles. The van der Waals surface area contributed by atoms with E-state index in [1.165, 1.54) is 0 Å². The molecular formula is C12H24N4O2. The van der Waals surface area contributed by atoms with Crippen LogP contribution in [0.3, 0.4) is 0 Å². The smallest absolute Gasteiger partial charge is 0.0964 e. The second-order valence-electron chi connectivity index (χ2n) is 4.85. The topological polar surface area (TPSA) is 72.2 Å². The third-order valence-corrected chi connectivity index (χ3v) is 2.52. The summed E-state index contributed by atoms with van der Waals surface area (Å²) >= 11 is 0. The van der Waals surface area contributed by atoms with E-state index in [1.54, 1.807) is 4.68 Å². The van der Waals surface area contributed by atoms with Crippen LogP contribution in [-0.4, -0.2) is 45.5 Å². The summed E-state index contributed by atoms with van der Waals surface area (Å²) in [6.45, 7) is 9.15. The first-order chi connectivity index (χ1) is 8.57. The van der Waals surface area contributed by atoms with Crippen LogP contribution in [0.1, 0.15) is 32.9 Å². The molecule has 1 aromatic rings. The molecule has 1 rings (SSSR count). The summed E-state index contributed by atoms with van der Waals surface area (Å²) in [5.74, 6) is 0. The summed E-state index contributed by atoms with van der Waals surface area (Å²) < 4.78 is 7.34. The summed E-state index contributed by atoms with van der Waals surface area (Å²) in [7, 11) is 0. The molecule has 0 bridgehead atoms. The van der Waals surface area contributed by atoms with Gasteiger partial charge in [0.2, 0.25) is 0 Å². The maximum absolute atomic E-state index is 8.73. The van der Waals surface area contributed by atoms with Gasteiger partial charge in [-0.05, 0) is 27.2 Å². The van der Waals surface area contributed by atoms with Crippen molar-refractivity contribution in [3.05, 3.63) is 11.9 Å². The highest BCUT2D eigenvalue weighted by Gasteiger charge is 2.16. The number of aromatic nitrogens is 3. The van der Waals surface area contributed by atoms with Crippen LogP contribution in [0.4, 0.5) is 0 Å². The van der Waals surface area contributed by atoms with Crippen molar-refractivity contribution < 1.29 is 9.84 Å². The number of hydrogen-bond donors (Lipinski definition) is 2. The third kappa shape index (κ3) is 5.57. The Morgan fingerprint density at radius 3 is 2.94 bits per heavy atom. The SMILES string of the molecule is CCOC(C)(C)CNCc1cn(CCCO)nn1. The standard InChI is InChI=1S/C12H24N4O2/c1-4-18-12(2,3)10-13-8-11-9-16(15-14-11)6-5-7-17/h9,13,17H,4-8,10H2,1-3H3.